The number of aryl methyl sites for hydroxylation is 2. The van der Waals surface area contributed by atoms with Crippen LogP contribution >= 0.6 is 0 Å². The van der Waals surface area contributed by atoms with Crippen LogP contribution in [0.15, 0.2) is 94.6 Å². The zero-order valence-electron chi connectivity index (χ0n) is 18.0. The molecule has 0 aliphatic rings. The maximum absolute atomic E-state index is 13.0. The van der Waals surface area contributed by atoms with Crippen molar-refractivity contribution in [1.29, 1.82) is 0 Å². The summed E-state index contributed by atoms with van der Waals surface area (Å²) in [7, 11) is 0. The third kappa shape index (κ3) is 6.02. The maximum Gasteiger partial charge on any atom is 0.349 e. The van der Waals surface area contributed by atoms with Crippen LogP contribution in [0.3, 0.4) is 0 Å². The molecule has 0 saturated carbocycles. The standard InChI is InChI=1S/C25H24N4O4/c30-24-23(33-18-21-11-5-2-6-12-21)27-29(16-14-22-13-7-8-15-26-22)25(31)28(24)19-32-17-20-9-3-1-4-10-20/h1-13,15H,14,16-19H2. The van der Waals surface area contributed by atoms with Crippen LogP contribution in [0.4, 0.5) is 0 Å². The molecule has 0 N–H and O–H groups in total. The minimum Gasteiger partial charge on any atom is -0.468 e. The first-order chi connectivity index (χ1) is 16.2. The number of hydrogen-bond donors (Lipinski definition) is 0. The molecule has 0 bridgehead atoms. The Morgan fingerprint density at radius 1 is 0.788 bits per heavy atom. The van der Waals surface area contributed by atoms with Gasteiger partial charge in [0.05, 0.1) is 13.2 Å². The van der Waals surface area contributed by atoms with Crippen molar-refractivity contribution < 1.29 is 9.47 Å². The van der Waals surface area contributed by atoms with Crippen molar-refractivity contribution in [3.05, 3.63) is 123 Å². The zero-order valence-corrected chi connectivity index (χ0v) is 18.0. The Labute approximate surface area is 190 Å². The number of aromatic nitrogens is 4. The third-order valence-electron chi connectivity index (χ3n) is 4.95. The smallest absolute Gasteiger partial charge is 0.349 e. The van der Waals surface area contributed by atoms with Crippen molar-refractivity contribution in [2.45, 2.75) is 32.9 Å². The molecular formula is C25H24N4O4. The lowest BCUT2D eigenvalue weighted by Gasteiger charge is -2.13. The van der Waals surface area contributed by atoms with Crippen LogP contribution in [0.1, 0.15) is 16.8 Å². The van der Waals surface area contributed by atoms with Crippen LogP contribution in [0, 0.1) is 0 Å². The number of benzene rings is 2. The van der Waals surface area contributed by atoms with Crippen LogP contribution in [-0.4, -0.2) is 19.3 Å². The van der Waals surface area contributed by atoms with Crippen LogP contribution in [0.5, 0.6) is 5.88 Å². The molecule has 0 amide bonds. The monoisotopic (exact) mass is 444 g/mol. The van der Waals surface area contributed by atoms with Gasteiger partial charge in [-0.25, -0.2) is 14.0 Å². The predicted molar refractivity (Wildman–Crippen MR) is 123 cm³/mol. The lowest BCUT2D eigenvalue weighted by Crippen LogP contribution is -2.42. The zero-order chi connectivity index (χ0) is 22.9. The lowest BCUT2D eigenvalue weighted by atomic mass is 10.2. The number of pyridine rings is 1. The molecule has 8 heteroatoms. The Morgan fingerprint density at radius 3 is 2.12 bits per heavy atom. The molecule has 0 aliphatic heterocycles. The second-order valence-corrected chi connectivity index (χ2v) is 7.35. The van der Waals surface area contributed by atoms with E-state index < -0.39 is 11.2 Å². The molecule has 33 heavy (non-hydrogen) atoms. The fraction of sp³-hybridized carbons (Fsp3) is 0.200. The molecule has 168 valence electrons. The van der Waals surface area contributed by atoms with E-state index in [1.165, 1.54) is 4.68 Å². The van der Waals surface area contributed by atoms with Gasteiger partial charge in [0.1, 0.15) is 13.3 Å². The second kappa shape index (κ2) is 11.0. The van der Waals surface area contributed by atoms with Gasteiger partial charge in [-0.05, 0) is 23.3 Å². The fourth-order valence-corrected chi connectivity index (χ4v) is 3.21. The Kier molecular flexibility index (Phi) is 7.40. The molecule has 8 nitrogen and oxygen atoms in total. The van der Waals surface area contributed by atoms with Crippen molar-refractivity contribution in [2.24, 2.45) is 0 Å². The molecule has 2 heterocycles. The van der Waals surface area contributed by atoms with E-state index in [2.05, 4.69) is 10.1 Å². The topological polar surface area (TPSA) is 88.2 Å². The van der Waals surface area contributed by atoms with E-state index in [0.29, 0.717) is 6.42 Å². The molecule has 0 atom stereocenters. The Morgan fingerprint density at radius 2 is 1.45 bits per heavy atom. The highest BCUT2D eigenvalue weighted by Crippen LogP contribution is 2.05. The second-order valence-electron chi connectivity index (χ2n) is 7.35. The molecular weight excluding hydrogens is 420 g/mol. The fourth-order valence-electron chi connectivity index (χ4n) is 3.21. The minimum atomic E-state index is -0.627. The van der Waals surface area contributed by atoms with Gasteiger partial charge in [0, 0.05) is 18.3 Å². The van der Waals surface area contributed by atoms with E-state index in [-0.39, 0.29) is 32.4 Å². The third-order valence-corrected chi connectivity index (χ3v) is 4.95. The van der Waals surface area contributed by atoms with Gasteiger partial charge in [-0.2, -0.15) is 0 Å². The van der Waals surface area contributed by atoms with Gasteiger partial charge in [-0.15, -0.1) is 5.10 Å². The van der Waals surface area contributed by atoms with Crippen LogP contribution in [0.2, 0.25) is 0 Å². The molecule has 0 fully saturated rings. The summed E-state index contributed by atoms with van der Waals surface area (Å²) in [6, 6.07) is 24.6. The summed E-state index contributed by atoms with van der Waals surface area (Å²) in [5.41, 5.74) is 1.46. The number of ether oxygens (including phenoxy) is 2. The van der Waals surface area contributed by atoms with E-state index in [4.69, 9.17) is 9.47 Å². The van der Waals surface area contributed by atoms with Crippen LogP contribution in [0.25, 0.3) is 0 Å². The average molecular weight is 444 g/mol. The van der Waals surface area contributed by atoms with Crippen LogP contribution < -0.4 is 16.0 Å². The first-order valence-corrected chi connectivity index (χ1v) is 10.6. The SMILES string of the molecule is O=c1c(OCc2ccccc2)nn(CCc2ccccn2)c(=O)n1COCc1ccccc1. The van der Waals surface area contributed by atoms with E-state index in [9.17, 15) is 9.59 Å². The van der Waals surface area contributed by atoms with Gasteiger partial charge >= 0.3 is 11.2 Å². The van der Waals surface area contributed by atoms with Gasteiger partial charge in [0.25, 0.3) is 5.88 Å². The summed E-state index contributed by atoms with van der Waals surface area (Å²) in [6.07, 6.45) is 2.17. The molecule has 0 radical (unpaired) electrons. The summed E-state index contributed by atoms with van der Waals surface area (Å²) in [5.74, 6) is -0.150. The van der Waals surface area contributed by atoms with Gasteiger partial charge < -0.3 is 9.47 Å². The van der Waals surface area contributed by atoms with Gasteiger partial charge in [0.2, 0.25) is 0 Å². The number of rotatable bonds is 10. The van der Waals surface area contributed by atoms with Gasteiger partial charge in [0.15, 0.2) is 0 Å². The normalized spacial score (nSPS) is 10.8. The van der Waals surface area contributed by atoms with E-state index in [0.717, 1.165) is 21.4 Å². The highest BCUT2D eigenvalue weighted by atomic mass is 16.5. The Hall–Kier alpha value is -4.04. The van der Waals surface area contributed by atoms with E-state index >= 15 is 0 Å². The summed E-state index contributed by atoms with van der Waals surface area (Å²) in [4.78, 5) is 30.2. The molecule has 0 spiro atoms. The number of hydrogen-bond acceptors (Lipinski definition) is 6. The van der Waals surface area contributed by atoms with Crippen molar-refractivity contribution in [3.8, 4) is 5.88 Å². The van der Waals surface area contributed by atoms with Gasteiger partial charge in [-0.1, -0.05) is 66.7 Å². The first-order valence-electron chi connectivity index (χ1n) is 10.6. The van der Waals surface area contributed by atoms with Crippen molar-refractivity contribution >= 4 is 0 Å². The van der Waals surface area contributed by atoms with E-state index in [1.807, 2.05) is 78.9 Å². The average Bonchev–Trinajstić information content (AvgIpc) is 2.87. The summed E-state index contributed by atoms with van der Waals surface area (Å²) >= 11 is 0. The quantitative estimate of drug-likeness (QED) is 0.374. The van der Waals surface area contributed by atoms with Crippen molar-refractivity contribution in [3.63, 3.8) is 0 Å². The van der Waals surface area contributed by atoms with Crippen molar-refractivity contribution in [2.75, 3.05) is 0 Å². The molecule has 2 aromatic carbocycles. The highest BCUT2D eigenvalue weighted by molar-refractivity contribution is 5.15. The van der Waals surface area contributed by atoms with Crippen LogP contribution in [-0.2, 0) is 37.6 Å². The van der Waals surface area contributed by atoms with Gasteiger partial charge in [-0.3, -0.25) is 9.78 Å². The molecule has 0 aliphatic carbocycles. The minimum absolute atomic E-state index is 0.150. The summed E-state index contributed by atoms with van der Waals surface area (Å²) in [5, 5.41) is 4.19. The molecule has 4 rings (SSSR count). The molecule has 0 unspecified atom stereocenters. The predicted octanol–water partition coefficient (Wildman–Crippen LogP) is 2.80. The summed E-state index contributed by atoms with van der Waals surface area (Å²) in [6.45, 7) is 0.465. The summed E-state index contributed by atoms with van der Waals surface area (Å²) < 4.78 is 13.6. The lowest BCUT2D eigenvalue weighted by molar-refractivity contribution is 0.0556. The molecule has 0 saturated heterocycles. The Balaban J connectivity index is 1.56. The van der Waals surface area contributed by atoms with Crippen molar-refractivity contribution in [1.82, 2.24) is 19.3 Å². The molecule has 4 aromatic rings. The largest absolute Gasteiger partial charge is 0.468 e. The maximum atomic E-state index is 13.0. The Bertz CT molecular complexity index is 1200. The first kappa shape index (κ1) is 22.2. The number of nitrogens with zero attached hydrogens (tertiary/aromatic N) is 4. The molecule has 2 aromatic heterocycles. The highest BCUT2D eigenvalue weighted by Gasteiger charge is 2.15. The van der Waals surface area contributed by atoms with E-state index in [1.54, 1.807) is 6.20 Å².